The van der Waals surface area contributed by atoms with Crippen molar-refractivity contribution in [3.8, 4) is 6.07 Å². The third kappa shape index (κ3) is 11.4. The van der Waals surface area contributed by atoms with E-state index < -0.39 is 20.0 Å². The van der Waals surface area contributed by atoms with Gasteiger partial charge >= 0.3 is 23.1 Å². The van der Waals surface area contributed by atoms with E-state index in [1.807, 2.05) is 19.9 Å². The summed E-state index contributed by atoms with van der Waals surface area (Å²) in [6.45, 7) is 16.0. The fourth-order valence-electron chi connectivity index (χ4n) is 5.11. The number of fused-ring (bicyclic) bond motifs is 2. The van der Waals surface area contributed by atoms with Crippen LogP contribution in [0.4, 0.5) is 0 Å². The van der Waals surface area contributed by atoms with Gasteiger partial charge in [-0.05, 0) is 99.0 Å². The molecular weight excluding hydrogens is 795 g/mol. The van der Waals surface area contributed by atoms with Crippen LogP contribution in [-0.4, -0.2) is 53.6 Å². The van der Waals surface area contributed by atoms with Crippen LogP contribution in [0.25, 0.3) is 21.8 Å². The summed E-state index contributed by atoms with van der Waals surface area (Å²) in [4.78, 5) is 12.8. The van der Waals surface area contributed by atoms with Crippen LogP contribution in [0.15, 0.2) is 119 Å². The maximum atomic E-state index is 12.9. The summed E-state index contributed by atoms with van der Waals surface area (Å²) in [5.74, 6) is 1.34. The number of Topliss-reactive ketones (excluding diaryl/α,β-unsaturated/α-hetero) is 1. The number of nitriles is 1. The Bertz CT molecular complexity index is 2430. The molecule has 0 bridgehead atoms. The third-order valence-corrected chi connectivity index (χ3v) is 11.9. The molecule has 0 unspecified atom stereocenters. The average molecular weight is 841 g/mol. The third-order valence-electron chi connectivity index (χ3n) is 8.44. The number of hydrogen-bond donors (Lipinski definition) is 0. The molecule has 0 aliphatic rings. The molecule has 0 atom stereocenters. The van der Waals surface area contributed by atoms with Crippen LogP contribution in [0.1, 0.15) is 74.0 Å². The summed E-state index contributed by atoms with van der Waals surface area (Å²) in [6, 6.07) is 29.1. The molecule has 280 valence electrons. The fourth-order valence-corrected chi connectivity index (χ4v) is 7.81. The van der Waals surface area contributed by atoms with Crippen LogP contribution in [0.5, 0.6) is 0 Å². The number of halogens is 1. The smallest absolute Gasteiger partial charge is 1.00 e. The zero-order valence-corrected chi connectivity index (χ0v) is 36.3. The quantitative estimate of drug-likeness (QED) is 0.0952. The maximum absolute atomic E-state index is 12.9. The minimum absolute atomic E-state index is 0. The summed E-state index contributed by atoms with van der Waals surface area (Å²) >= 11 is 0. The van der Waals surface area contributed by atoms with Crippen molar-refractivity contribution in [3.05, 3.63) is 139 Å². The predicted octanol–water partition coefficient (Wildman–Crippen LogP) is 6.35. The Morgan fingerprint density at radius 1 is 0.685 bits per heavy atom. The van der Waals surface area contributed by atoms with Gasteiger partial charge in [-0.15, -0.1) is 0 Å². The molecule has 0 N–H and O–H groups in total. The molecule has 54 heavy (non-hydrogen) atoms. The second-order valence-corrected chi connectivity index (χ2v) is 17.2. The molecule has 12 heteroatoms. The first-order chi connectivity index (χ1) is 24.6. The molecule has 0 aliphatic carbocycles. The maximum Gasteiger partial charge on any atom is 2.00 e. The molecule has 8 nitrogen and oxygen atoms in total. The Hall–Kier alpha value is -3.73. The van der Waals surface area contributed by atoms with Gasteiger partial charge in [0.05, 0.1) is 32.5 Å². The Kier molecular flexibility index (Phi) is 17.4. The van der Waals surface area contributed by atoms with Crippen LogP contribution in [0.3, 0.4) is 0 Å². The molecule has 0 saturated heterocycles. The number of ketones is 1. The van der Waals surface area contributed by atoms with E-state index in [-0.39, 0.29) is 55.6 Å². The van der Waals surface area contributed by atoms with Crippen molar-refractivity contribution in [2.45, 2.75) is 70.6 Å². The van der Waals surface area contributed by atoms with Gasteiger partial charge in [0.1, 0.15) is 0 Å². The van der Waals surface area contributed by atoms with Gasteiger partial charge in [0.25, 0.3) is 20.0 Å². The molecule has 0 fully saturated rings. The second kappa shape index (κ2) is 20.3. The topological polar surface area (TPSA) is 119 Å². The van der Waals surface area contributed by atoms with E-state index in [1.54, 1.807) is 103 Å². The zero-order valence-electron chi connectivity index (χ0n) is 31.7. The van der Waals surface area contributed by atoms with Crippen molar-refractivity contribution in [3.63, 3.8) is 0 Å². The van der Waals surface area contributed by atoms with Crippen LogP contribution in [0, 0.1) is 43.9 Å². The first kappa shape index (κ1) is 46.4. The first-order valence-corrected chi connectivity index (χ1v) is 20.1. The second-order valence-electron chi connectivity index (χ2n) is 13.6. The summed E-state index contributed by atoms with van der Waals surface area (Å²) in [6.07, 6.45) is 5.47. The monoisotopic (exact) mass is 839 g/mol. The molecule has 0 spiro atoms. The Labute approximate surface area is 347 Å². The van der Waals surface area contributed by atoms with Crippen molar-refractivity contribution < 1.29 is 38.6 Å². The minimum Gasteiger partial charge on any atom is -1.00 e. The van der Waals surface area contributed by atoms with Gasteiger partial charge in [0.15, 0.2) is 5.78 Å². The van der Waals surface area contributed by atoms with Crippen molar-refractivity contribution >= 4 is 70.7 Å². The van der Waals surface area contributed by atoms with Gasteiger partial charge in [-0.2, -0.15) is 11.7 Å². The van der Waals surface area contributed by atoms with E-state index in [4.69, 9.17) is 5.26 Å². The van der Waals surface area contributed by atoms with Gasteiger partial charge in [0, 0.05) is 35.2 Å². The summed E-state index contributed by atoms with van der Waals surface area (Å²) < 4.78 is 53.7. The van der Waals surface area contributed by atoms with Crippen LogP contribution < -0.4 is 17.0 Å². The molecular formula is C42H46BrMgN3O5S2. The zero-order chi connectivity index (χ0) is 38.2. The molecule has 6 rings (SSSR count). The van der Waals surface area contributed by atoms with Crippen molar-refractivity contribution in [2.24, 2.45) is 11.8 Å². The summed E-state index contributed by atoms with van der Waals surface area (Å²) in [7, 11) is -7.29. The van der Waals surface area contributed by atoms with E-state index in [9.17, 15) is 21.6 Å². The van der Waals surface area contributed by atoms with Crippen LogP contribution >= 0.6 is 0 Å². The number of carbonyl (C=O) groups is 1. The molecule has 6 aromatic rings. The largest absolute Gasteiger partial charge is 2.00 e. The van der Waals surface area contributed by atoms with Gasteiger partial charge < -0.3 is 23.9 Å². The Balaban J connectivity index is 0.000000326. The molecule has 0 amide bonds. The van der Waals surface area contributed by atoms with Crippen LogP contribution in [-0.2, 0) is 20.0 Å². The Morgan fingerprint density at radius 3 is 1.52 bits per heavy atom. The summed E-state index contributed by atoms with van der Waals surface area (Å²) in [5.41, 5.74) is 4.29. The SMILES string of the molecule is Cc1ccc(S(=O)(=O)n2ccc3cc(C#N)ccc32)cc1.Cc1ccc(S(=O)(=O)n2ccc3cc(C(=O)CCC(C)C)ccc32)cc1.[Br-].[CH2-]CC(C)C.[Mg+2]. The van der Waals surface area contributed by atoms with Crippen molar-refractivity contribution in [1.29, 1.82) is 5.26 Å². The molecule has 0 radical (unpaired) electrons. The number of nitrogens with zero attached hydrogens (tertiary/aromatic N) is 3. The average Bonchev–Trinajstić information content (AvgIpc) is 3.76. The van der Waals surface area contributed by atoms with E-state index >= 15 is 0 Å². The van der Waals surface area contributed by atoms with Gasteiger partial charge in [-0.1, -0.05) is 69.0 Å². The molecule has 0 aliphatic heterocycles. The first-order valence-electron chi connectivity index (χ1n) is 17.2. The molecule has 2 aromatic heterocycles. The number of carbonyl (C=O) groups excluding carboxylic acids is 1. The normalized spacial score (nSPS) is 11.1. The van der Waals surface area contributed by atoms with Crippen molar-refractivity contribution in [1.82, 2.24) is 7.94 Å². The van der Waals surface area contributed by atoms with Gasteiger partial charge in [-0.3, -0.25) is 4.79 Å². The van der Waals surface area contributed by atoms with E-state index in [0.29, 0.717) is 34.5 Å². The number of rotatable bonds is 9. The van der Waals surface area contributed by atoms with Gasteiger partial charge in [-0.25, -0.2) is 24.8 Å². The number of aryl methyl sites for hydroxylation is 2. The number of benzene rings is 4. The van der Waals surface area contributed by atoms with Gasteiger partial charge in [0.2, 0.25) is 0 Å². The number of aromatic nitrogens is 2. The molecule has 2 heterocycles. The minimum atomic E-state index is -3.66. The van der Waals surface area contributed by atoms with E-state index in [1.165, 1.54) is 14.1 Å². The number of hydrogen-bond acceptors (Lipinski definition) is 6. The molecule has 0 saturated carbocycles. The van der Waals surface area contributed by atoms with Crippen molar-refractivity contribution in [2.75, 3.05) is 0 Å². The van der Waals surface area contributed by atoms with E-state index in [0.717, 1.165) is 40.7 Å². The predicted molar refractivity (Wildman–Crippen MR) is 215 cm³/mol. The van der Waals surface area contributed by atoms with Crippen LogP contribution in [0.2, 0.25) is 0 Å². The Morgan fingerprint density at radius 2 is 1.11 bits per heavy atom. The van der Waals surface area contributed by atoms with E-state index in [2.05, 4.69) is 34.6 Å². The standard InChI is InChI=1S/C21H23NO3S.C16H12N2O2S.C5H11.BrH.Mg/c1-15(2)4-11-21(23)18-7-10-20-17(14-18)12-13-22(20)26(24,25)19-8-5-16(3)6-9-19;1-12-2-5-15(6-3-12)21(19,20)18-9-8-14-10-13(11-17)4-7-16(14)18;1-4-5(2)3;;/h5-10,12-15H,4,11H2,1-3H3;2-10H,1H3;5H,1,4H2,2-3H3;1H;/q;;-1;;+2/p-1. The fraction of sp³-hybridized carbons (Fsp3) is 0.262. The molecule has 4 aromatic carbocycles. The summed E-state index contributed by atoms with van der Waals surface area (Å²) in [5, 5.41) is 10.4.